The molecule has 0 saturated carbocycles. The zero-order valence-corrected chi connectivity index (χ0v) is 13.5. The minimum absolute atomic E-state index is 0.0207. The van der Waals surface area contributed by atoms with Gasteiger partial charge < -0.3 is 8.60 Å². The smallest absolute Gasteiger partial charge is 0.339 e. The summed E-state index contributed by atoms with van der Waals surface area (Å²) in [5.74, 6) is 0.0567. The van der Waals surface area contributed by atoms with E-state index in [0.717, 1.165) is 5.56 Å². The summed E-state index contributed by atoms with van der Waals surface area (Å²) in [7, 11) is -4.00. The van der Waals surface area contributed by atoms with Gasteiger partial charge in [0, 0.05) is 22.5 Å². The number of rotatable bonds is 3. The molecule has 0 atom stereocenters. The number of halogens is 1. The summed E-state index contributed by atoms with van der Waals surface area (Å²) in [6.45, 7) is 1.77. The molecule has 0 spiro atoms. The molecule has 0 N–H and O–H groups in total. The SMILES string of the molecule is Cc1cc(=O)oc2cc(OS(=O)(=O)c3ccc(Cl)cc3)ccc12. The van der Waals surface area contributed by atoms with Gasteiger partial charge in [-0.2, -0.15) is 8.42 Å². The number of fused-ring (bicyclic) bond motifs is 1. The Morgan fingerprint density at radius 1 is 1.04 bits per heavy atom. The molecule has 7 heteroatoms. The van der Waals surface area contributed by atoms with Crippen molar-refractivity contribution in [1.29, 1.82) is 0 Å². The van der Waals surface area contributed by atoms with Crippen LogP contribution < -0.4 is 9.81 Å². The van der Waals surface area contributed by atoms with Crippen molar-refractivity contribution in [3.05, 3.63) is 69.5 Å². The second-order valence-electron chi connectivity index (χ2n) is 4.90. The van der Waals surface area contributed by atoms with Crippen LogP contribution in [0.15, 0.2) is 62.6 Å². The molecule has 2 aromatic carbocycles. The normalized spacial score (nSPS) is 11.6. The predicted octanol–water partition coefficient (Wildman–Crippen LogP) is 3.52. The van der Waals surface area contributed by atoms with Gasteiger partial charge in [0.1, 0.15) is 16.2 Å². The van der Waals surface area contributed by atoms with E-state index in [9.17, 15) is 13.2 Å². The lowest BCUT2D eigenvalue weighted by Crippen LogP contribution is -2.09. The van der Waals surface area contributed by atoms with Gasteiger partial charge in [0.15, 0.2) is 0 Å². The topological polar surface area (TPSA) is 73.6 Å². The summed E-state index contributed by atoms with van der Waals surface area (Å²) in [5.41, 5.74) is 0.495. The number of hydrogen-bond donors (Lipinski definition) is 0. The van der Waals surface area contributed by atoms with Crippen molar-refractivity contribution in [2.45, 2.75) is 11.8 Å². The van der Waals surface area contributed by atoms with Gasteiger partial charge in [0.2, 0.25) is 0 Å². The van der Waals surface area contributed by atoms with Crippen LogP contribution in [-0.4, -0.2) is 8.42 Å². The molecule has 0 amide bonds. The molecule has 1 heterocycles. The largest absolute Gasteiger partial charge is 0.423 e. The number of aryl methyl sites for hydroxylation is 1. The van der Waals surface area contributed by atoms with Crippen molar-refractivity contribution < 1.29 is 17.0 Å². The Bertz CT molecular complexity index is 1040. The fourth-order valence-electron chi connectivity index (χ4n) is 2.13. The lowest BCUT2D eigenvalue weighted by Gasteiger charge is -2.08. The second-order valence-corrected chi connectivity index (χ2v) is 6.88. The van der Waals surface area contributed by atoms with Gasteiger partial charge in [-0.25, -0.2) is 4.79 Å². The number of hydrogen-bond acceptors (Lipinski definition) is 5. The van der Waals surface area contributed by atoms with E-state index in [-0.39, 0.29) is 16.2 Å². The Hall–Kier alpha value is -2.31. The van der Waals surface area contributed by atoms with Gasteiger partial charge in [-0.3, -0.25) is 0 Å². The summed E-state index contributed by atoms with van der Waals surface area (Å²) in [4.78, 5) is 11.4. The summed E-state index contributed by atoms with van der Waals surface area (Å²) in [6, 6.07) is 11.5. The molecule has 3 aromatic rings. The molecule has 0 bridgehead atoms. The molecule has 0 aliphatic carbocycles. The molecule has 5 nitrogen and oxygen atoms in total. The van der Waals surface area contributed by atoms with Crippen LogP contribution in [0, 0.1) is 6.92 Å². The fourth-order valence-corrected chi connectivity index (χ4v) is 3.18. The van der Waals surface area contributed by atoms with Crippen molar-refractivity contribution in [2.24, 2.45) is 0 Å². The molecule has 23 heavy (non-hydrogen) atoms. The van der Waals surface area contributed by atoms with Crippen LogP contribution in [0.5, 0.6) is 5.75 Å². The van der Waals surface area contributed by atoms with Crippen LogP contribution in [0.1, 0.15) is 5.56 Å². The van der Waals surface area contributed by atoms with Crippen molar-refractivity contribution in [3.8, 4) is 5.75 Å². The zero-order chi connectivity index (χ0) is 16.6. The van der Waals surface area contributed by atoms with E-state index in [1.807, 2.05) is 0 Å². The molecule has 118 valence electrons. The molecular formula is C16H11ClO5S. The third kappa shape index (κ3) is 3.23. The Labute approximate surface area is 137 Å². The van der Waals surface area contributed by atoms with E-state index in [4.69, 9.17) is 20.2 Å². The second kappa shape index (κ2) is 5.72. The fraction of sp³-hybridized carbons (Fsp3) is 0.0625. The van der Waals surface area contributed by atoms with Crippen LogP contribution in [0.2, 0.25) is 5.02 Å². The third-order valence-electron chi connectivity index (χ3n) is 3.23. The van der Waals surface area contributed by atoms with Crippen LogP contribution in [0.4, 0.5) is 0 Å². The van der Waals surface area contributed by atoms with Crippen molar-refractivity contribution in [2.75, 3.05) is 0 Å². The van der Waals surface area contributed by atoms with Crippen LogP contribution in [0.25, 0.3) is 11.0 Å². The van der Waals surface area contributed by atoms with Crippen LogP contribution in [0.3, 0.4) is 0 Å². The van der Waals surface area contributed by atoms with Crippen LogP contribution >= 0.6 is 11.6 Å². The lowest BCUT2D eigenvalue weighted by molar-refractivity contribution is 0.485. The minimum Gasteiger partial charge on any atom is -0.423 e. The first-order chi connectivity index (χ1) is 10.8. The Balaban J connectivity index is 2.01. The highest BCUT2D eigenvalue weighted by Gasteiger charge is 2.17. The first-order valence-corrected chi connectivity index (χ1v) is 8.38. The Morgan fingerprint density at radius 3 is 2.43 bits per heavy atom. The quantitative estimate of drug-likeness (QED) is 0.533. The molecule has 0 unspecified atom stereocenters. The first-order valence-electron chi connectivity index (χ1n) is 6.60. The van der Waals surface area contributed by atoms with Crippen molar-refractivity contribution in [3.63, 3.8) is 0 Å². The van der Waals surface area contributed by atoms with Gasteiger partial charge >= 0.3 is 15.7 Å². The average Bonchev–Trinajstić information content (AvgIpc) is 2.46. The first kappa shape index (κ1) is 15.6. The van der Waals surface area contributed by atoms with E-state index in [1.165, 1.54) is 42.5 Å². The van der Waals surface area contributed by atoms with Gasteiger partial charge in [0.25, 0.3) is 0 Å². The minimum atomic E-state index is -4.00. The third-order valence-corrected chi connectivity index (χ3v) is 4.74. The monoisotopic (exact) mass is 350 g/mol. The highest BCUT2D eigenvalue weighted by molar-refractivity contribution is 7.87. The average molecular weight is 351 g/mol. The van der Waals surface area contributed by atoms with Crippen LogP contribution in [-0.2, 0) is 10.1 Å². The van der Waals surface area contributed by atoms with E-state index >= 15 is 0 Å². The van der Waals surface area contributed by atoms with E-state index < -0.39 is 15.7 Å². The van der Waals surface area contributed by atoms with Crippen molar-refractivity contribution >= 4 is 32.7 Å². The Morgan fingerprint density at radius 2 is 1.74 bits per heavy atom. The molecule has 0 radical (unpaired) electrons. The lowest BCUT2D eigenvalue weighted by atomic mass is 10.1. The molecule has 0 fully saturated rings. The van der Waals surface area contributed by atoms with Gasteiger partial charge in [-0.15, -0.1) is 0 Å². The Kier molecular flexibility index (Phi) is 3.87. The summed E-state index contributed by atoms with van der Waals surface area (Å²) in [5, 5.41) is 1.13. The van der Waals surface area contributed by atoms with E-state index in [1.54, 1.807) is 13.0 Å². The van der Waals surface area contributed by atoms with E-state index in [0.29, 0.717) is 10.4 Å². The summed E-state index contributed by atoms with van der Waals surface area (Å²) >= 11 is 5.74. The number of benzene rings is 2. The molecular weight excluding hydrogens is 340 g/mol. The maximum Gasteiger partial charge on any atom is 0.339 e. The molecule has 3 rings (SSSR count). The van der Waals surface area contributed by atoms with Gasteiger partial charge in [-0.05, 0) is 48.9 Å². The predicted molar refractivity (Wildman–Crippen MR) is 86.5 cm³/mol. The molecule has 0 aliphatic rings. The maximum atomic E-state index is 12.2. The molecule has 1 aromatic heterocycles. The van der Waals surface area contributed by atoms with Gasteiger partial charge in [-0.1, -0.05) is 11.6 Å². The molecule has 0 saturated heterocycles. The molecule has 0 aliphatic heterocycles. The summed E-state index contributed by atoms with van der Waals surface area (Å²) < 4.78 is 34.6. The van der Waals surface area contributed by atoms with Gasteiger partial charge in [0.05, 0.1) is 0 Å². The van der Waals surface area contributed by atoms with Crippen molar-refractivity contribution in [1.82, 2.24) is 0 Å². The summed E-state index contributed by atoms with van der Waals surface area (Å²) in [6.07, 6.45) is 0. The standard InChI is InChI=1S/C16H11ClO5S/c1-10-8-16(18)21-15-9-12(4-7-14(10)15)22-23(19,20)13-5-2-11(17)3-6-13/h2-9H,1H3. The highest BCUT2D eigenvalue weighted by Crippen LogP contribution is 2.25. The van der Waals surface area contributed by atoms with E-state index in [2.05, 4.69) is 0 Å². The maximum absolute atomic E-state index is 12.2. The highest BCUT2D eigenvalue weighted by atomic mass is 35.5. The zero-order valence-electron chi connectivity index (χ0n) is 11.9.